The van der Waals surface area contributed by atoms with Crippen LogP contribution in [0.1, 0.15) is 20.7 Å². The van der Waals surface area contributed by atoms with Crippen molar-refractivity contribution < 1.29 is 23.5 Å². The number of benzene rings is 3. The third kappa shape index (κ3) is 3.42. The molecule has 0 spiro atoms. The predicted octanol–water partition coefficient (Wildman–Crippen LogP) is 5.62. The van der Waals surface area contributed by atoms with E-state index in [0.717, 1.165) is 0 Å². The minimum Gasteiger partial charge on any atom is -0.478 e. The first kappa shape index (κ1) is 19.7. The van der Waals surface area contributed by atoms with Gasteiger partial charge in [0.25, 0.3) is 5.91 Å². The van der Waals surface area contributed by atoms with Gasteiger partial charge in [0.05, 0.1) is 11.1 Å². The zero-order chi connectivity index (χ0) is 21.4. The maximum Gasteiger partial charge on any atom is 0.335 e. The Balaban J connectivity index is 1.95. The molecule has 1 heterocycles. The molecule has 2 N–H and O–H groups in total. The van der Waals surface area contributed by atoms with Crippen molar-refractivity contribution in [1.82, 2.24) is 5.32 Å². The molecule has 0 atom stereocenters. The number of rotatable bonds is 4. The van der Waals surface area contributed by atoms with Crippen LogP contribution in [-0.2, 0) is 0 Å². The molecular formula is C23H15ClFNO4. The number of carbonyl (C=O) groups excluding carboxylic acids is 1. The second-order valence-electron chi connectivity index (χ2n) is 6.60. The molecule has 5 nitrogen and oxygen atoms in total. The number of carboxylic acids is 1. The SMILES string of the molecule is CNC(=O)c1c(-c2ccc(F)cc2)oc2ccc(-c3cc(C(=O)O)ccc3Cl)cc12. The molecule has 150 valence electrons. The van der Waals surface area contributed by atoms with Crippen LogP contribution in [-0.4, -0.2) is 24.0 Å². The first-order valence-electron chi connectivity index (χ1n) is 8.97. The fourth-order valence-corrected chi connectivity index (χ4v) is 3.53. The van der Waals surface area contributed by atoms with Crippen LogP contribution in [0.2, 0.25) is 5.02 Å². The number of hydrogen-bond acceptors (Lipinski definition) is 3. The number of amides is 1. The molecule has 0 radical (unpaired) electrons. The fourth-order valence-electron chi connectivity index (χ4n) is 3.30. The van der Waals surface area contributed by atoms with Gasteiger partial charge in [-0.15, -0.1) is 0 Å². The van der Waals surface area contributed by atoms with Crippen molar-refractivity contribution >= 4 is 34.4 Å². The van der Waals surface area contributed by atoms with Crippen molar-refractivity contribution in [1.29, 1.82) is 0 Å². The fraction of sp³-hybridized carbons (Fsp3) is 0.0435. The summed E-state index contributed by atoms with van der Waals surface area (Å²) in [4.78, 5) is 24.0. The molecule has 0 bridgehead atoms. The van der Waals surface area contributed by atoms with Gasteiger partial charge in [-0.05, 0) is 60.2 Å². The molecule has 0 aliphatic rings. The number of hydrogen-bond donors (Lipinski definition) is 2. The van der Waals surface area contributed by atoms with E-state index in [2.05, 4.69) is 5.32 Å². The third-order valence-electron chi connectivity index (χ3n) is 4.77. The van der Waals surface area contributed by atoms with Gasteiger partial charge < -0.3 is 14.8 Å². The van der Waals surface area contributed by atoms with Crippen LogP contribution in [0, 0.1) is 5.82 Å². The molecular weight excluding hydrogens is 409 g/mol. The highest BCUT2D eigenvalue weighted by molar-refractivity contribution is 6.33. The largest absolute Gasteiger partial charge is 0.478 e. The highest BCUT2D eigenvalue weighted by Crippen LogP contribution is 2.37. The lowest BCUT2D eigenvalue weighted by molar-refractivity contribution is 0.0696. The molecule has 3 aromatic carbocycles. The Labute approximate surface area is 175 Å². The van der Waals surface area contributed by atoms with Crippen LogP contribution in [0.25, 0.3) is 33.4 Å². The lowest BCUT2D eigenvalue weighted by atomic mass is 9.99. The van der Waals surface area contributed by atoms with Crippen LogP contribution in [0.4, 0.5) is 4.39 Å². The minimum atomic E-state index is -1.07. The van der Waals surface area contributed by atoms with E-state index in [0.29, 0.717) is 44.0 Å². The number of furan rings is 1. The van der Waals surface area contributed by atoms with Gasteiger partial charge in [0, 0.05) is 28.6 Å². The normalized spacial score (nSPS) is 10.9. The van der Waals surface area contributed by atoms with E-state index in [9.17, 15) is 19.1 Å². The smallest absolute Gasteiger partial charge is 0.335 e. The zero-order valence-electron chi connectivity index (χ0n) is 15.7. The van der Waals surface area contributed by atoms with E-state index in [-0.39, 0.29) is 11.5 Å². The van der Waals surface area contributed by atoms with Crippen molar-refractivity contribution in [3.63, 3.8) is 0 Å². The van der Waals surface area contributed by atoms with Gasteiger partial charge in [-0.25, -0.2) is 9.18 Å². The van der Waals surface area contributed by atoms with Gasteiger partial charge in [-0.3, -0.25) is 4.79 Å². The molecule has 4 rings (SSSR count). The second-order valence-corrected chi connectivity index (χ2v) is 7.01. The van der Waals surface area contributed by atoms with E-state index in [1.807, 2.05) is 0 Å². The van der Waals surface area contributed by atoms with Crippen LogP contribution < -0.4 is 5.32 Å². The molecule has 1 amide bonds. The predicted molar refractivity (Wildman–Crippen MR) is 112 cm³/mol. The van der Waals surface area contributed by atoms with E-state index in [1.54, 1.807) is 18.2 Å². The van der Waals surface area contributed by atoms with Crippen LogP contribution in [0.3, 0.4) is 0 Å². The summed E-state index contributed by atoms with van der Waals surface area (Å²) in [7, 11) is 1.51. The number of aromatic carboxylic acids is 1. The average molecular weight is 424 g/mol. The molecule has 0 unspecified atom stereocenters. The Bertz CT molecular complexity index is 1290. The summed E-state index contributed by atoms with van der Waals surface area (Å²) in [5, 5.41) is 12.8. The summed E-state index contributed by atoms with van der Waals surface area (Å²) in [6, 6.07) is 15.2. The molecule has 30 heavy (non-hydrogen) atoms. The summed E-state index contributed by atoms with van der Waals surface area (Å²) in [6.07, 6.45) is 0. The van der Waals surface area contributed by atoms with Gasteiger partial charge in [0.15, 0.2) is 0 Å². The summed E-state index contributed by atoms with van der Waals surface area (Å²) >= 11 is 6.30. The molecule has 4 aromatic rings. The van der Waals surface area contributed by atoms with Gasteiger partial charge in [-0.2, -0.15) is 0 Å². The lowest BCUT2D eigenvalue weighted by Gasteiger charge is -2.07. The topological polar surface area (TPSA) is 79.5 Å². The lowest BCUT2D eigenvalue weighted by Crippen LogP contribution is -2.18. The number of fused-ring (bicyclic) bond motifs is 1. The maximum atomic E-state index is 13.3. The number of nitrogens with one attached hydrogen (secondary N) is 1. The molecule has 0 saturated heterocycles. The summed E-state index contributed by atoms with van der Waals surface area (Å²) in [5.41, 5.74) is 2.56. The number of halogens is 2. The Morgan fingerprint density at radius 3 is 2.37 bits per heavy atom. The molecule has 7 heteroatoms. The average Bonchev–Trinajstić information content (AvgIpc) is 3.12. The van der Waals surface area contributed by atoms with E-state index >= 15 is 0 Å². The Kier molecular flexibility index (Phi) is 5.01. The highest BCUT2D eigenvalue weighted by Gasteiger charge is 2.22. The Hall–Kier alpha value is -3.64. The first-order chi connectivity index (χ1) is 14.4. The van der Waals surface area contributed by atoms with Gasteiger partial charge in [0.2, 0.25) is 0 Å². The highest BCUT2D eigenvalue weighted by atomic mass is 35.5. The van der Waals surface area contributed by atoms with Gasteiger partial charge >= 0.3 is 5.97 Å². The van der Waals surface area contributed by atoms with Gasteiger partial charge in [-0.1, -0.05) is 17.7 Å². The molecule has 1 aromatic heterocycles. The second kappa shape index (κ2) is 7.65. The van der Waals surface area contributed by atoms with Crippen LogP contribution in [0.5, 0.6) is 0 Å². The quantitative estimate of drug-likeness (QED) is 0.446. The third-order valence-corrected chi connectivity index (χ3v) is 5.10. The van der Waals surface area contributed by atoms with Crippen molar-refractivity contribution in [2.75, 3.05) is 7.05 Å². The summed E-state index contributed by atoms with van der Waals surface area (Å²) < 4.78 is 19.3. The standard InChI is InChI=1S/C23H15ClFNO4/c1-26-22(27)20-17-10-13(16-11-14(23(28)29)4-8-18(16)24)5-9-19(17)30-21(20)12-2-6-15(25)7-3-12/h2-11H,1H3,(H,26,27)(H,28,29). The van der Waals surface area contributed by atoms with Crippen LogP contribution >= 0.6 is 11.6 Å². The maximum absolute atomic E-state index is 13.3. The summed E-state index contributed by atoms with van der Waals surface area (Å²) in [6.45, 7) is 0. The summed E-state index contributed by atoms with van der Waals surface area (Å²) in [5.74, 6) is -1.52. The van der Waals surface area contributed by atoms with Crippen molar-refractivity contribution in [3.05, 3.63) is 82.6 Å². The zero-order valence-corrected chi connectivity index (χ0v) is 16.5. The minimum absolute atomic E-state index is 0.0974. The molecule has 0 saturated carbocycles. The van der Waals surface area contributed by atoms with Crippen LogP contribution in [0.15, 0.2) is 65.1 Å². The number of carboxylic acid groups (broad SMARTS) is 1. The first-order valence-corrected chi connectivity index (χ1v) is 9.34. The Morgan fingerprint density at radius 1 is 1.00 bits per heavy atom. The van der Waals surface area contributed by atoms with E-state index < -0.39 is 11.8 Å². The molecule has 0 aliphatic heterocycles. The van der Waals surface area contributed by atoms with Crippen molar-refractivity contribution in [2.45, 2.75) is 0 Å². The number of carbonyl (C=O) groups is 2. The monoisotopic (exact) mass is 423 g/mol. The molecule has 0 aliphatic carbocycles. The Morgan fingerprint density at radius 2 is 1.70 bits per heavy atom. The van der Waals surface area contributed by atoms with E-state index in [1.165, 1.54) is 49.5 Å². The van der Waals surface area contributed by atoms with Crippen molar-refractivity contribution in [3.8, 4) is 22.5 Å². The van der Waals surface area contributed by atoms with Gasteiger partial charge in [0.1, 0.15) is 17.2 Å². The molecule has 0 fully saturated rings. The van der Waals surface area contributed by atoms with E-state index in [4.69, 9.17) is 16.0 Å². The van der Waals surface area contributed by atoms with Crippen molar-refractivity contribution in [2.24, 2.45) is 0 Å².